The Kier molecular flexibility index (Phi) is 10.2. The lowest BCUT2D eigenvalue weighted by atomic mass is 9.71. The average molecular weight is 519 g/mol. The minimum atomic E-state index is -0.361. The summed E-state index contributed by atoms with van der Waals surface area (Å²) in [6, 6.07) is 11.5. The topological polar surface area (TPSA) is 77.5 Å². The summed E-state index contributed by atoms with van der Waals surface area (Å²) >= 11 is 0. The van der Waals surface area contributed by atoms with E-state index in [-0.39, 0.29) is 53.6 Å². The molecule has 0 bridgehead atoms. The lowest BCUT2D eigenvalue weighted by Gasteiger charge is -2.32. The van der Waals surface area contributed by atoms with E-state index < -0.39 is 0 Å². The second-order valence-electron chi connectivity index (χ2n) is 11.2. The van der Waals surface area contributed by atoms with Crippen molar-refractivity contribution in [1.82, 2.24) is 0 Å². The fraction of sp³-hybridized carbons (Fsp3) is 0.515. The van der Waals surface area contributed by atoms with Gasteiger partial charge in [-0.1, -0.05) is 51.0 Å². The van der Waals surface area contributed by atoms with Crippen molar-refractivity contribution in [3.8, 4) is 11.1 Å². The molecule has 3 atom stereocenters. The zero-order valence-electron chi connectivity index (χ0n) is 23.8. The zero-order chi connectivity index (χ0) is 28.0. The normalized spacial score (nSPS) is 16.6. The molecule has 204 valence electrons. The minimum Gasteiger partial charge on any atom is -0.459 e. The third-order valence-electron chi connectivity index (χ3n) is 7.66. The molecule has 5 heteroatoms. The number of rotatable bonds is 12. The lowest BCUT2D eigenvalue weighted by molar-refractivity contribution is -0.129. The van der Waals surface area contributed by atoms with Crippen molar-refractivity contribution in [2.45, 2.75) is 92.6 Å². The molecule has 0 aromatic heterocycles. The number of fused-ring (bicyclic) bond motifs is 1. The van der Waals surface area contributed by atoms with E-state index in [2.05, 4.69) is 6.92 Å². The van der Waals surface area contributed by atoms with Gasteiger partial charge in [-0.25, -0.2) is 4.79 Å². The van der Waals surface area contributed by atoms with Crippen LogP contribution < -0.4 is 0 Å². The first kappa shape index (κ1) is 29.5. The molecule has 0 N–H and O–H groups in total. The molecule has 5 nitrogen and oxygen atoms in total. The average Bonchev–Trinajstić information content (AvgIpc) is 2.83. The van der Waals surface area contributed by atoms with Gasteiger partial charge in [-0.2, -0.15) is 0 Å². The van der Waals surface area contributed by atoms with E-state index in [4.69, 9.17) is 4.74 Å². The molecular weight excluding hydrogens is 476 g/mol. The van der Waals surface area contributed by atoms with Crippen LogP contribution in [0.5, 0.6) is 0 Å². The molecule has 0 fully saturated rings. The van der Waals surface area contributed by atoms with Gasteiger partial charge in [0.05, 0.1) is 18.1 Å². The van der Waals surface area contributed by atoms with Crippen LogP contribution >= 0.6 is 0 Å². The van der Waals surface area contributed by atoms with Gasteiger partial charge in [0, 0.05) is 17.9 Å². The van der Waals surface area contributed by atoms with Crippen LogP contribution in [0.15, 0.2) is 36.4 Å². The lowest BCUT2D eigenvalue weighted by Crippen LogP contribution is -2.30. The van der Waals surface area contributed by atoms with Crippen LogP contribution in [0.2, 0.25) is 0 Å². The van der Waals surface area contributed by atoms with Crippen LogP contribution in [0.25, 0.3) is 11.1 Å². The van der Waals surface area contributed by atoms with Gasteiger partial charge in [0.2, 0.25) is 0 Å². The van der Waals surface area contributed by atoms with Crippen LogP contribution in [0.1, 0.15) is 105 Å². The van der Waals surface area contributed by atoms with Gasteiger partial charge >= 0.3 is 5.97 Å². The van der Waals surface area contributed by atoms with E-state index in [1.165, 1.54) is 6.92 Å². The SMILES string of the molecule is CCCC(CC1CC(=O)c2c(C)ccc(-c3cccc(C(=O)OC(C)C)c3)c2C1)C(CC)C(=O)CC(C)=O. The molecule has 0 aliphatic heterocycles. The van der Waals surface area contributed by atoms with Crippen molar-refractivity contribution in [3.63, 3.8) is 0 Å². The third-order valence-corrected chi connectivity index (χ3v) is 7.66. The summed E-state index contributed by atoms with van der Waals surface area (Å²) in [6.45, 7) is 11.2. The number of ketones is 3. The number of hydrogen-bond acceptors (Lipinski definition) is 5. The molecule has 0 spiro atoms. The summed E-state index contributed by atoms with van der Waals surface area (Å²) in [5.41, 5.74) is 5.13. The van der Waals surface area contributed by atoms with Crippen molar-refractivity contribution < 1.29 is 23.9 Å². The molecule has 1 aliphatic rings. The predicted octanol–water partition coefficient (Wildman–Crippen LogP) is 7.35. The van der Waals surface area contributed by atoms with Crippen molar-refractivity contribution in [2.24, 2.45) is 17.8 Å². The maximum atomic E-state index is 13.5. The van der Waals surface area contributed by atoms with Gasteiger partial charge in [0.15, 0.2) is 5.78 Å². The van der Waals surface area contributed by atoms with Crippen molar-refractivity contribution in [2.75, 3.05) is 0 Å². The molecular formula is C33H42O5. The Balaban J connectivity index is 1.95. The van der Waals surface area contributed by atoms with E-state index in [1.807, 2.05) is 58.0 Å². The van der Waals surface area contributed by atoms with Gasteiger partial charge in [-0.15, -0.1) is 0 Å². The number of hydrogen-bond donors (Lipinski definition) is 0. The molecule has 0 saturated heterocycles. The van der Waals surface area contributed by atoms with Gasteiger partial charge < -0.3 is 4.74 Å². The second-order valence-corrected chi connectivity index (χ2v) is 11.2. The van der Waals surface area contributed by atoms with Gasteiger partial charge in [-0.3, -0.25) is 14.4 Å². The van der Waals surface area contributed by atoms with Gasteiger partial charge in [0.25, 0.3) is 0 Å². The summed E-state index contributed by atoms with van der Waals surface area (Å²) in [4.78, 5) is 50.6. The summed E-state index contributed by atoms with van der Waals surface area (Å²) in [6.07, 6.45) is 4.35. The number of Topliss-reactive ketones (excluding diaryl/α,β-unsaturated/α-hetero) is 3. The summed E-state index contributed by atoms with van der Waals surface area (Å²) < 4.78 is 5.39. The molecule has 0 saturated carbocycles. The first-order valence-electron chi connectivity index (χ1n) is 14.0. The first-order valence-corrected chi connectivity index (χ1v) is 14.0. The Bertz CT molecular complexity index is 1190. The number of benzene rings is 2. The zero-order valence-corrected chi connectivity index (χ0v) is 23.8. The van der Waals surface area contributed by atoms with Crippen LogP contribution in [0.4, 0.5) is 0 Å². The Morgan fingerprint density at radius 3 is 2.42 bits per heavy atom. The highest BCUT2D eigenvalue weighted by atomic mass is 16.5. The summed E-state index contributed by atoms with van der Waals surface area (Å²) in [7, 11) is 0. The maximum absolute atomic E-state index is 13.5. The van der Waals surface area contributed by atoms with E-state index in [0.717, 1.165) is 53.5 Å². The number of carbonyl (C=O) groups is 4. The Hall–Kier alpha value is -3.08. The Morgan fingerprint density at radius 2 is 1.79 bits per heavy atom. The fourth-order valence-corrected chi connectivity index (χ4v) is 6.11. The smallest absolute Gasteiger partial charge is 0.338 e. The quantitative estimate of drug-likeness (QED) is 0.217. The highest BCUT2D eigenvalue weighted by Gasteiger charge is 2.34. The van der Waals surface area contributed by atoms with Crippen LogP contribution in [-0.2, 0) is 20.7 Å². The number of ether oxygens (including phenoxy) is 1. The molecule has 3 rings (SSSR count). The molecule has 2 aromatic carbocycles. The van der Waals surface area contributed by atoms with E-state index in [9.17, 15) is 19.2 Å². The molecule has 1 aliphatic carbocycles. The van der Waals surface area contributed by atoms with Crippen LogP contribution in [0, 0.1) is 24.7 Å². The highest BCUT2D eigenvalue weighted by molar-refractivity contribution is 6.02. The highest BCUT2D eigenvalue weighted by Crippen LogP contribution is 2.40. The second kappa shape index (κ2) is 13.1. The van der Waals surface area contributed by atoms with Crippen molar-refractivity contribution in [1.29, 1.82) is 0 Å². The molecule has 2 aromatic rings. The first-order chi connectivity index (χ1) is 18.0. The Labute approximate surface area is 227 Å². The summed E-state index contributed by atoms with van der Waals surface area (Å²) in [5.74, 6) is -0.160. The monoisotopic (exact) mass is 518 g/mol. The van der Waals surface area contributed by atoms with Crippen LogP contribution in [-0.4, -0.2) is 29.4 Å². The fourth-order valence-electron chi connectivity index (χ4n) is 6.11. The van der Waals surface area contributed by atoms with Crippen LogP contribution in [0.3, 0.4) is 0 Å². The largest absolute Gasteiger partial charge is 0.459 e. The van der Waals surface area contributed by atoms with E-state index >= 15 is 0 Å². The minimum absolute atomic E-state index is 0.00984. The van der Waals surface area contributed by atoms with E-state index in [0.29, 0.717) is 18.4 Å². The van der Waals surface area contributed by atoms with Gasteiger partial charge in [-0.05, 0) is 93.2 Å². The number of aryl methyl sites for hydroxylation is 1. The number of carbonyl (C=O) groups excluding carboxylic acids is 4. The summed E-state index contributed by atoms with van der Waals surface area (Å²) in [5, 5.41) is 0. The molecule has 0 radical (unpaired) electrons. The van der Waals surface area contributed by atoms with Gasteiger partial charge in [0.1, 0.15) is 11.6 Å². The van der Waals surface area contributed by atoms with E-state index in [1.54, 1.807) is 6.07 Å². The van der Waals surface area contributed by atoms with Crippen molar-refractivity contribution in [3.05, 3.63) is 58.7 Å². The third kappa shape index (κ3) is 7.06. The number of esters is 1. The maximum Gasteiger partial charge on any atom is 0.338 e. The Morgan fingerprint density at radius 1 is 1.05 bits per heavy atom. The molecule has 0 heterocycles. The predicted molar refractivity (Wildman–Crippen MR) is 150 cm³/mol. The molecule has 38 heavy (non-hydrogen) atoms. The molecule has 3 unspecified atom stereocenters. The van der Waals surface area contributed by atoms with Crippen molar-refractivity contribution >= 4 is 23.3 Å². The standard InChI is InChI=1S/C33H42O5/c1-7-10-24(27(8-2)30(35)15-22(6)34)16-23-17-29-28(14-13-21(5)32(29)31(36)18-23)25-11-9-12-26(19-25)33(37)38-20(3)4/h9,11-14,19-20,23-24,27H,7-8,10,15-18H2,1-6H3. The molecule has 0 amide bonds.